The highest BCUT2D eigenvalue weighted by Crippen LogP contribution is 2.48. The molecule has 4 atom stereocenters. The van der Waals surface area contributed by atoms with E-state index < -0.39 is 17.5 Å². The molecule has 36 heavy (non-hydrogen) atoms. The Balaban J connectivity index is 1.41. The number of allylic oxidation sites excluding steroid dienone is 2. The fourth-order valence-corrected chi connectivity index (χ4v) is 5.98. The second-order valence-electron chi connectivity index (χ2n) is 10.2. The molecule has 4 heteroatoms. The Labute approximate surface area is 213 Å². The lowest BCUT2D eigenvalue weighted by molar-refractivity contribution is 0.115. The number of halogens is 3. The van der Waals surface area contributed by atoms with E-state index in [0.29, 0.717) is 11.5 Å². The summed E-state index contributed by atoms with van der Waals surface area (Å²) < 4.78 is 49.2. The average Bonchev–Trinajstić information content (AvgIpc) is 2.87. The summed E-state index contributed by atoms with van der Waals surface area (Å²) in [6.45, 7) is 5.79. The molecule has 2 saturated carbocycles. The lowest BCUT2D eigenvalue weighted by atomic mass is 9.63. The van der Waals surface area contributed by atoms with Gasteiger partial charge in [-0.15, -0.1) is 0 Å². The van der Waals surface area contributed by atoms with E-state index in [1.165, 1.54) is 62.4 Å². The molecule has 0 radical (unpaired) electrons. The molecule has 0 heterocycles. The van der Waals surface area contributed by atoms with Gasteiger partial charge in [0.25, 0.3) is 0 Å². The quantitative estimate of drug-likeness (QED) is 0.277. The molecule has 1 nitrogen and oxygen atoms in total. The van der Waals surface area contributed by atoms with Gasteiger partial charge in [0.1, 0.15) is 18.2 Å². The summed E-state index contributed by atoms with van der Waals surface area (Å²) in [5.41, 5.74) is 0.779. The Kier molecular flexibility index (Phi) is 8.97. The van der Waals surface area contributed by atoms with E-state index in [9.17, 15) is 13.2 Å². The predicted octanol–water partition coefficient (Wildman–Crippen LogP) is 8.72. The summed E-state index contributed by atoms with van der Waals surface area (Å²) in [5.74, 6) is 5.84. The van der Waals surface area contributed by atoms with Crippen LogP contribution >= 0.6 is 0 Å². The van der Waals surface area contributed by atoms with E-state index in [1.807, 2.05) is 0 Å². The topological polar surface area (TPSA) is 9.23 Å². The number of hydrogen-bond donors (Lipinski definition) is 0. The first-order chi connectivity index (χ1) is 17.5. The Hall–Kier alpha value is -2.93. The summed E-state index contributed by atoms with van der Waals surface area (Å²) in [6.07, 6.45) is 15.3. The van der Waals surface area contributed by atoms with Crippen molar-refractivity contribution in [2.45, 2.75) is 64.2 Å². The fourth-order valence-electron chi connectivity index (χ4n) is 5.98. The first kappa shape index (κ1) is 26.1. The summed E-state index contributed by atoms with van der Waals surface area (Å²) in [7, 11) is 0. The Bertz CT molecular complexity index is 1130. The molecule has 4 unspecified atom stereocenters. The van der Waals surface area contributed by atoms with Gasteiger partial charge >= 0.3 is 0 Å². The SMILES string of the molecule is C=CCOc1ccc(C#Cc2c(F)cc(C3CCC4CC(CC/C=C/C)CCC4C3)cc2F)cc1F. The molecule has 0 amide bonds. The van der Waals surface area contributed by atoms with Crippen LogP contribution in [-0.2, 0) is 0 Å². The monoisotopic (exact) mass is 492 g/mol. The standard InChI is InChI=1S/C32H35F3O/c1-3-5-6-7-22-8-11-25-19-26(13-12-24(25)17-22)27-20-29(33)28(30(34)21-27)14-9-23-10-15-32(31(35)18-23)36-16-4-2/h3-5,10,15,18,20-22,24-26H,2,6-8,11-13,16-17,19H2,1H3/b5-3+. The largest absolute Gasteiger partial charge is 0.486 e. The molecule has 190 valence electrons. The molecule has 2 aromatic carbocycles. The fraction of sp³-hybridized carbons (Fsp3) is 0.438. The molecular weight excluding hydrogens is 457 g/mol. The maximum absolute atomic E-state index is 14.9. The van der Waals surface area contributed by atoms with Crippen molar-refractivity contribution in [3.05, 3.63) is 89.3 Å². The van der Waals surface area contributed by atoms with Crippen LogP contribution in [0.1, 0.15) is 80.9 Å². The minimum absolute atomic E-state index is 0.0824. The van der Waals surface area contributed by atoms with Crippen LogP contribution in [0.4, 0.5) is 13.2 Å². The summed E-state index contributed by atoms with van der Waals surface area (Å²) in [6, 6.07) is 7.11. The number of fused-ring (bicyclic) bond motifs is 1. The molecule has 2 aliphatic rings. The van der Waals surface area contributed by atoms with Gasteiger partial charge in [0.05, 0.1) is 5.56 Å². The van der Waals surface area contributed by atoms with Gasteiger partial charge in [-0.1, -0.05) is 43.1 Å². The number of ether oxygens (including phenoxy) is 1. The van der Waals surface area contributed by atoms with Crippen LogP contribution < -0.4 is 4.74 Å². The van der Waals surface area contributed by atoms with Crippen LogP contribution in [-0.4, -0.2) is 6.61 Å². The third kappa shape index (κ3) is 6.44. The third-order valence-electron chi connectivity index (χ3n) is 7.86. The maximum atomic E-state index is 14.9. The number of rotatable bonds is 7. The van der Waals surface area contributed by atoms with Gasteiger partial charge in [-0.2, -0.15) is 0 Å². The molecule has 0 aromatic heterocycles. The lowest BCUT2D eigenvalue weighted by Crippen LogP contribution is -2.30. The van der Waals surface area contributed by atoms with Gasteiger partial charge in [0.15, 0.2) is 11.6 Å². The van der Waals surface area contributed by atoms with Crippen LogP contribution in [0.15, 0.2) is 55.1 Å². The van der Waals surface area contributed by atoms with E-state index in [2.05, 4.69) is 37.5 Å². The number of benzene rings is 2. The maximum Gasteiger partial charge on any atom is 0.166 e. The van der Waals surface area contributed by atoms with E-state index in [-0.39, 0.29) is 23.8 Å². The van der Waals surface area contributed by atoms with Crippen molar-refractivity contribution >= 4 is 0 Å². The van der Waals surface area contributed by atoms with E-state index in [1.54, 1.807) is 6.07 Å². The van der Waals surface area contributed by atoms with Gasteiger partial charge in [0, 0.05) is 5.56 Å². The van der Waals surface area contributed by atoms with Gasteiger partial charge in [-0.3, -0.25) is 0 Å². The molecule has 0 bridgehead atoms. The molecule has 2 aromatic rings. The van der Waals surface area contributed by atoms with Crippen molar-refractivity contribution in [3.8, 4) is 17.6 Å². The minimum atomic E-state index is -0.654. The summed E-state index contributed by atoms with van der Waals surface area (Å²) >= 11 is 0. The minimum Gasteiger partial charge on any atom is -0.486 e. The molecule has 0 spiro atoms. The van der Waals surface area contributed by atoms with Gasteiger partial charge in [-0.05, 0) is 111 Å². The zero-order chi connectivity index (χ0) is 25.5. The average molecular weight is 493 g/mol. The second-order valence-corrected chi connectivity index (χ2v) is 10.2. The zero-order valence-electron chi connectivity index (χ0n) is 21.0. The first-order valence-electron chi connectivity index (χ1n) is 13.1. The highest BCUT2D eigenvalue weighted by molar-refractivity contribution is 5.47. The van der Waals surface area contributed by atoms with Crippen LogP contribution in [0.25, 0.3) is 0 Å². The molecule has 2 aliphatic carbocycles. The smallest absolute Gasteiger partial charge is 0.166 e. The normalized spacial score (nSPS) is 23.6. The van der Waals surface area contributed by atoms with Crippen molar-refractivity contribution < 1.29 is 17.9 Å². The highest BCUT2D eigenvalue weighted by atomic mass is 19.1. The first-order valence-corrected chi connectivity index (χ1v) is 13.1. The Morgan fingerprint density at radius 3 is 2.42 bits per heavy atom. The van der Waals surface area contributed by atoms with Crippen molar-refractivity contribution in [2.24, 2.45) is 17.8 Å². The van der Waals surface area contributed by atoms with Crippen molar-refractivity contribution in [1.29, 1.82) is 0 Å². The van der Waals surface area contributed by atoms with Crippen LogP contribution in [0, 0.1) is 47.0 Å². The van der Waals surface area contributed by atoms with Crippen LogP contribution in [0.5, 0.6) is 5.75 Å². The Morgan fingerprint density at radius 2 is 1.69 bits per heavy atom. The van der Waals surface area contributed by atoms with Crippen molar-refractivity contribution in [1.82, 2.24) is 0 Å². The molecule has 0 N–H and O–H groups in total. The summed E-state index contributed by atoms with van der Waals surface area (Å²) in [5, 5.41) is 0. The molecule has 4 rings (SSSR count). The zero-order valence-corrected chi connectivity index (χ0v) is 21.0. The van der Waals surface area contributed by atoms with Gasteiger partial charge in [-0.25, -0.2) is 13.2 Å². The summed E-state index contributed by atoms with van der Waals surface area (Å²) in [4.78, 5) is 0. The third-order valence-corrected chi connectivity index (χ3v) is 7.86. The van der Waals surface area contributed by atoms with Gasteiger partial charge in [0.2, 0.25) is 0 Å². The van der Waals surface area contributed by atoms with Crippen molar-refractivity contribution in [2.75, 3.05) is 6.61 Å². The van der Waals surface area contributed by atoms with Crippen LogP contribution in [0.2, 0.25) is 0 Å². The van der Waals surface area contributed by atoms with E-state index in [4.69, 9.17) is 4.74 Å². The van der Waals surface area contributed by atoms with E-state index >= 15 is 0 Å². The van der Waals surface area contributed by atoms with E-state index in [0.717, 1.165) is 36.7 Å². The second kappa shape index (κ2) is 12.3. The predicted molar refractivity (Wildman–Crippen MR) is 139 cm³/mol. The van der Waals surface area contributed by atoms with Gasteiger partial charge < -0.3 is 4.74 Å². The molecular formula is C32H35F3O. The Morgan fingerprint density at radius 1 is 0.944 bits per heavy atom. The molecule has 0 aliphatic heterocycles. The lowest BCUT2D eigenvalue weighted by Gasteiger charge is -2.42. The highest BCUT2D eigenvalue weighted by Gasteiger charge is 2.36. The number of hydrogen-bond acceptors (Lipinski definition) is 1. The van der Waals surface area contributed by atoms with Crippen LogP contribution in [0.3, 0.4) is 0 Å². The molecule has 0 saturated heterocycles. The molecule has 2 fully saturated rings. The van der Waals surface area contributed by atoms with Crippen molar-refractivity contribution in [3.63, 3.8) is 0 Å².